The number of allylic oxidation sites excluding steroid dienone is 1. The first-order chi connectivity index (χ1) is 19.0. The zero-order valence-corrected chi connectivity index (χ0v) is 27.4. The maximum absolute atomic E-state index is 12.3. The highest BCUT2D eigenvalue weighted by Crippen LogP contribution is 2.69. The number of hydrogen-bond acceptors (Lipinski definition) is 4. The van der Waals surface area contributed by atoms with Crippen LogP contribution in [0.15, 0.2) is 35.9 Å². The molecule has 40 heavy (non-hydrogen) atoms. The summed E-state index contributed by atoms with van der Waals surface area (Å²) in [4.78, 5) is 2.45. The summed E-state index contributed by atoms with van der Waals surface area (Å²) in [6.45, 7) is 15.5. The van der Waals surface area contributed by atoms with E-state index in [1.54, 1.807) is 5.57 Å². The fourth-order valence-corrected chi connectivity index (χ4v) is 12.7. The molecule has 1 N–H and O–H groups in total. The maximum atomic E-state index is 12.3. The summed E-state index contributed by atoms with van der Waals surface area (Å²) in [6.07, 6.45) is 11.0. The van der Waals surface area contributed by atoms with Gasteiger partial charge in [0.15, 0.2) is 0 Å². The standard InChI is InChI=1S/C36H51NOS2/c1-7-37(8-2)27-12-9-25(10-13-27)30-24-34(6)31(16-17-35(34,38)20-19-33(3,4)5)29-14-11-26-23-36(39-21-22-40-36)18-15-28(26)32(29)30/h9-10,12-13,23,28-32,38H,7-8,11,14-18,21-22,24H2,1-6H3/t28-,29-,30+,31-,32+,34-,35+/m0/s1. The van der Waals surface area contributed by atoms with Crippen molar-refractivity contribution >= 4 is 29.2 Å². The second kappa shape index (κ2) is 10.6. The van der Waals surface area contributed by atoms with E-state index in [-0.39, 0.29) is 10.8 Å². The summed E-state index contributed by atoms with van der Waals surface area (Å²) in [5.74, 6) is 12.7. The lowest BCUT2D eigenvalue weighted by Gasteiger charge is -2.58. The summed E-state index contributed by atoms with van der Waals surface area (Å²) >= 11 is 4.42. The number of nitrogens with zero attached hydrogens (tertiary/aromatic N) is 1. The zero-order valence-electron chi connectivity index (χ0n) is 25.8. The molecule has 2 nitrogen and oxygen atoms in total. The van der Waals surface area contributed by atoms with Gasteiger partial charge in [0.1, 0.15) is 5.60 Å². The Balaban J connectivity index is 1.40. The van der Waals surface area contributed by atoms with Crippen LogP contribution < -0.4 is 4.90 Å². The van der Waals surface area contributed by atoms with Crippen LogP contribution in [0.1, 0.15) is 98.0 Å². The van der Waals surface area contributed by atoms with Crippen LogP contribution in [0.5, 0.6) is 0 Å². The van der Waals surface area contributed by atoms with Gasteiger partial charge in [0.25, 0.3) is 0 Å². The van der Waals surface area contributed by atoms with E-state index < -0.39 is 5.60 Å². The third-order valence-corrected chi connectivity index (χ3v) is 14.9. The van der Waals surface area contributed by atoms with Gasteiger partial charge in [0.05, 0.1) is 4.08 Å². The van der Waals surface area contributed by atoms with Gasteiger partial charge in [0, 0.05) is 41.1 Å². The molecule has 0 amide bonds. The van der Waals surface area contributed by atoms with Crippen LogP contribution in [-0.4, -0.2) is 39.4 Å². The third-order valence-electron chi connectivity index (χ3n) is 11.5. The lowest BCUT2D eigenvalue weighted by molar-refractivity contribution is -0.0958. The zero-order chi connectivity index (χ0) is 28.3. The molecule has 0 bridgehead atoms. The molecular formula is C36H51NOS2. The van der Waals surface area contributed by atoms with E-state index in [1.807, 2.05) is 0 Å². The molecule has 1 heterocycles. The Morgan fingerprint density at radius 2 is 1.68 bits per heavy atom. The van der Waals surface area contributed by atoms with Crippen molar-refractivity contribution in [2.24, 2.45) is 34.5 Å². The van der Waals surface area contributed by atoms with Gasteiger partial charge in [-0.1, -0.05) is 42.5 Å². The minimum Gasteiger partial charge on any atom is -0.377 e. The Bertz CT molecular complexity index is 1180. The Hall–Kier alpha value is -1.02. The van der Waals surface area contributed by atoms with Crippen molar-refractivity contribution in [1.29, 1.82) is 0 Å². The van der Waals surface area contributed by atoms with Crippen LogP contribution >= 0.6 is 23.5 Å². The highest BCUT2D eigenvalue weighted by Gasteiger charge is 2.64. The van der Waals surface area contributed by atoms with Crippen LogP contribution in [0.25, 0.3) is 0 Å². The van der Waals surface area contributed by atoms with Crippen LogP contribution in [0.3, 0.4) is 0 Å². The number of rotatable bonds is 4. The monoisotopic (exact) mass is 577 g/mol. The largest absolute Gasteiger partial charge is 0.377 e. The Morgan fingerprint density at radius 3 is 2.33 bits per heavy atom. The van der Waals surface area contributed by atoms with Crippen molar-refractivity contribution in [1.82, 2.24) is 0 Å². The summed E-state index contributed by atoms with van der Waals surface area (Å²) in [6, 6.07) is 9.62. The quantitative estimate of drug-likeness (QED) is 0.285. The molecule has 1 spiro atoms. The molecule has 1 aliphatic heterocycles. The minimum atomic E-state index is -0.890. The maximum Gasteiger partial charge on any atom is 0.131 e. The molecule has 0 radical (unpaired) electrons. The molecule has 1 aromatic carbocycles. The fourth-order valence-electron chi connectivity index (χ4n) is 9.50. The van der Waals surface area contributed by atoms with Crippen molar-refractivity contribution in [3.05, 3.63) is 41.5 Å². The molecular weight excluding hydrogens is 527 g/mol. The van der Waals surface area contributed by atoms with Crippen molar-refractivity contribution < 1.29 is 5.11 Å². The Labute approximate surface area is 252 Å². The van der Waals surface area contributed by atoms with Crippen LogP contribution in [0, 0.1) is 46.3 Å². The second-order valence-corrected chi connectivity index (χ2v) is 17.8. The molecule has 3 saturated carbocycles. The lowest BCUT2D eigenvalue weighted by Crippen LogP contribution is -2.55. The van der Waals surface area contributed by atoms with Gasteiger partial charge in [-0.3, -0.25) is 0 Å². The summed E-state index contributed by atoms with van der Waals surface area (Å²) in [5, 5.41) is 12.3. The minimum absolute atomic E-state index is 0.0973. The molecule has 0 unspecified atom stereocenters. The van der Waals surface area contributed by atoms with Crippen molar-refractivity contribution in [2.75, 3.05) is 29.5 Å². The SMILES string of the molecule is CCN(CC)c1ccc([C@H]2C[C@@]3(C)[C@@H](CC[C@@]3(O)C#CC(C)(C)C)[C@@H]3CCC4=CC5(CC[C@@H]4[C@H]32)SCCS5)cc1. The molecule has 5 aliphatic rings. The van der Waals surface area contributed by atoms with Gasteiger partial charge >= 0.3 is 0 Å². The van der Waals surface area contributed by atoms with E-state index in [0.29, 0.717) is 33.7 Å². The van der Waals surface area contributed by atoms with E-state index >= 15 is 0 Å². The van der Waals surface area contributed by atoms with E-state index in [1.165, 1.54) is 48.4 Å². The summed E-state index contributed by atoms with van der Waals surface area (Å²) < 4.78 is 0.360. The molecule has 7 atom stereocenters. The summed E-state index contributed by atoms with van der Waals surface area (Å²) in [5.41, 5.74) is 3.46. The predicted molar refractivity (Wildman–Crippen MR) is 175 cm³/mol. The first-order valence-electron chi connectivity index (χ1n) is 16.1. The number of benzene rings is 1. The third kappa shape index (κ3) is 4.89. The predicted octanol–water partition coefficient (Wildman–Crippen LogP) is 8.76. The van der Waals surface area contributed by atoms with E-state index in [9.17, 15) is 5.11 Å². The van der Waals surface area contributed by atoms with E-state index in [2.05, 4.69) is 112 Å². The van der Waals surface area contributed by atoms with Crippen molar-refractivity contribution in [3.8, 4) is 11.8 Å². The number of fused-ring (bicyclic) bond motifs is 5. The van der Waals surface area contributed by atoms with Crippen molar-refractivity contribution in [3.63, 3.8) is 0 Å². The first-order valence-corrected chi connectivity index (χ1v) is 18.1. The molecule has 218 valence electrons. The highest BCUT2D eigenvalue weighted by atomic mass is 32.2. The Morgan fingerprint density at radius 1 is 0.975 bits per heavy atom. The molecule has 0 aromatic heterocycles. The van der Waals surface area contributed by atoms with Gasteiger partial charge in [-0.05, 0) is 127 Å². The van der Waals surface area contributed by atoms with Crippen LogP contribution in [0.2, 0.25) is 0 Å². The number of anilines is 1. The van der Waals surface area contributed by atoms with Gasteiger partial charge in [-0.15, -0.1) is 23.5 Å². The number of thioether (sulfide) groups is 2. The lowest BCUT2D eigenvalue weighted by atomic mass is 9.46. The molecule has 1 aromatic rings. The van der Waals surface area contributed by atoms with Gasteiger partial charge in [-0.25, -0.2) is 0 Å². The molecule has 4 aliphatic carbocycles. The number of aliphatic hydroxyl groups is 1. The summed E-state index contributed by atoms with van der Waals surface area (Å²) in [7, 11) is 0. The molecule has 6 rings (SSSR count). The number of hydrogen-bond donors (Lipinski definition) is 1. The average molecular weight is 578 g/mol. The molecule has 4 heteroatoms. The normalized spacial score (nSPS) is 38.1. The second-order valence-electron chi connectivity index (χ2n) is 14.7. The van der Waals surface area contributed by atoms with Gasteiger partial charge in [-0.2, -0.15) is 0 Å². The topological polar surface area (TPSA) is 23.5 Å². The highest BCUT2D eigenvalue weighted by molar-refractivity contribution is 8.21. The van der Waals surface area contributed by atoms with Crippen LogP contribution in [0.4, 0.5) is 5.69 Å². The molecule has 1 saturated heterocycles. The molecule has 4 fully saturated rings. The fraction of sp³-hybridized carbons (Fsp3) is 0.722. The van der Waals surface area contributed by atoms with Gasteiger partial charge in [0.2, 0.25) is 0 Å². The smallest absolute Gasteiger partial charge is 0.131 e. The Kier molecular flexibility index (Phi) is 7.71. The van der Waals surface area contributed by atoms with E-state index in [0.717, 1.165) is 32.4 Å². The first kappa shape index (κ1) is 29.1. The van der Waals surface area contributed by atoms with Crippen LogP contribution in [-0.2, 0) is 0 Å². The average Bonchev–Trinajstić information content (AvgIpc) is 3.49. The van der Waals surface area contributed by atoms with Crippen molar-refractivity contribution in [2.45, 2.75) is 102 Å². The van der Waals surface area contributed by atoms with E-state index in [4.69, 9.17) is 0 Å². The van der Waals surface area contributed by atoms with Gasteiger partial charge < -0.3 is 10.0 Å².